The molecule has 0 saturated carbocycles. The van der Waals surface area contributed by atoms with Crippen molar-refractivity contribution in [1.29, 1.82) is 0 Å². The lowest BCUT2D eigenvalue weighted by atomic mass is 10.3. The molecule has 0 unspecified atom stereocenters. The molecule has 78 valence electrons. The third kappa shape index (κ3) is 4.03. The van der Waals surface area contributed by atoms with Crippen LogP contribution >= 0.6 is 11.8 Å². The molecule has 0 amide bonds. The second-order valence-corrected chi connectivity index (χ2v) is 4.07. The summed E-state index contributed by atoms with van der Waals surface area (Å²) in [6.45, 7) is 3.66. The maximum atomic E-state index is 5.81. The monoisotopic (exact) mass is 211 g/mol. The minimum atomic E-state index is 0.804. The van der Waals surface area contributed by atoms with Crippen molar-refractivity contribution in [3.63, 3.8) is 0 Å². The van der Waals surface area contributed by atoms with Crippen LogP contribution in [-0.4, -0.2) is 19.0 Å². The SMILES string of the molecule is CCOCCCSc1ccccc1N. The third-order valence-corrected chi connectivity index (χ3v) is 2.99. The summed E-state index contributed by atoms with van der Waals surface area (Å²) in [6, 6.07) is 7.96. The predicted octanol–water partition coefficient (Wildman–Crippen LogP) is 2.79. The first-order valence-electron chi connectivity index (χ1n) is 4.89. The highest BCUT2D eigenvalue weighted by atomic mass is 32.2. The van der Waals surface area contributed by atoms with Crippen molar-refractivity contribution >= 4 is 17.4 Å². The molecule has 2 nitrogen and oxygen atoms in total. The van der Waals surface area contributed by atoms with E-state index in [1.807, 2.05) is 25.1 Å². The lowest BCUT2D eigenvalue weighted by molar-refractivity contribution is 0.149. The van der Waals surface area contributed by atoms with Gasteiger partial charge in [0, 0.05) is 29.5 Å². The van der Waals surface area contributed by atoms with Gasteiger partial charge in [0.15, 0.2) is 0 Å². The first kappa shape index (κ1) is 11.4. The number of thioether (sulfide) groups is 1. The van der Waals surface area contributed by atoms with Crippen LogP contribution < -0.4 is 5.73 Å². The quantitative estimate of drug-likeness (QED) is 0.446. The topological polar surface area (TPSA) is 35.2 Å². The first-order valence-corrected chi connectivity index (χ1v) is 5.88. The Hall–Kier alpha value is -0.670. The molecule has 0 saturated heterocycles. The van der Waals surface area contributed by atoms with E-state index in [1.54, 1.807) is 11.8 Å². The van der Waals surface area contributed by atoms with Gasteiger partial charge >= 0.3 is 0 Å². The molecule has 2 N–H and O–H groups in total. The summed E-state index contributed by atoms with van der Waals surface area (Å²) < 4.78 is 5.26. The molecule has 1 aromatic carbocycles. The molecule has 14 heavy (non-hydrogen) atoms. The zero-order valence-electron chi connectivity index (χ0n) is 8.53. The number of rotatable bonds is 6. The van der Waals surface area contributed by atoms with E-state index < -0.39 is 0 Å². The average molecular weight is 211 g/mol. The Labute approximate surface area is 89.8 Å². The molecular formula is C11H17NOS. The zero-order valence-corrected chi connectivity index (χ0v) is 9.35. The Balaban J connectivity index is 2.21. The number of ether oxygens (including phenoxy) is 1. The van der Waals surface area contributed by atoms with Crippen LogP contribution in [0.3, 0.4) is 0 Å². The minimum absolute atomic E-state index is 0.804. The van der Waals surface area contributed by atoms with E-state index in [9.17, 15) is 0 Å². The average Bonchev–Trinajstić information content (AvgIpc) is 2.20. The number of para-hydroxylation sites is 1. The molecule has 0 aliphatic rings. The van der Waals surface area contributed by atoms with Gasteiger partial charge < -0.3 is 10.5 Å². The number of anilines is 1. The molecule has 0 heterocycles. The van der Waals surface area contributed by atoms with Gasteiger partial charge in [0.2, 0.25) is 0 Å². The van der Waals surface area contributed by atoms with Gasteiger partial charge in [-0.2, -0.15) is 0 Å². The number of hydrogen-bond acceptors (Lipinski definition) is 3. The molecule has 3 heteroatoms. The molecular weight excluding hydrogens is 194 g/mol. The maximum absolute atomic E-state index is 5.81. The molecule has 0 spiro atoms. The highest BCUT2D eigenvalue weighted by Gasteiger charge is 1.97. The lowest BCUT2D eigenvalue weighted by Gasteiger charge is -2.04. The van der Waals surface area contributed by atoms with Crippen LogP contribution in [0.5, 0.6) is 0 Å². The molecule has 1 aromatic rings. The summed E-state index contributed by atoms with van der Waals surface area (Å²) in [5.41, 5.74) is 6.68. The molecule has 0 aliphatic heterocycles. The molecule has 1 rings (SSSR count). The Morgan fingerprint density at radius 3 is 2.86 bits per heavy atom. The Kier molecular flexibility index (Phi) is 5.49. The van der Waals surface area contributed by atoms with Crippen molar-refractivity contribution < 1.29 is 4.74 Å². The molecule has 0 aromatic heterocycles. The number of benzene rings is 1. The van der Waals surface area contributed by atoms with Gasteiger partial charge in [-0.3, -0.25) is 0 Å². The van der Waals surface area contributed by atoms with E-state index in [-0.39, 0.29) is 0 Å². The highest BCUT2D eigenvalue weighted by Crippen LogP contribution is 2.24. The van der Waals surface area contributed by atoms with Crippen molar-refractivity contribution in [2.24, 2.45) is 0 Å². The summed E-state index contributed by atoms with van der Waals surface area (Å²) in [5.74, 6) is 1.06. The Morgan fingerprint density at radius 1 is 1.36 bits per heavy atom. The second kappa shape index (κ2) is 6.74. The number of nitrogen functional groups attached to an aromatic ring is 1. The largest absolute Gasteiger partial charge is 0.398 e. The normalized spacial score (nSPS) is 10.4. The summed E-state index contributed by atoms with van der Waals surface area (Å²) in [7, 11) is 0. The fourth-order valence-corrected chi connectivity index (χ4v) is 1.99. The van der Waals surface area contributed by atoms with Gasteiger partial charge in [0.05, 0.1) is 0 Å². The van der Waals surface area contributed by atoms with Gasteiger partial charge in [-0.15, -0.1) is 11.8 Å². The number of nitrogens with two attached hydrogens (primary N) is 1. The Bertz CT molecular complexity index is 265. The van der Waals surface area contributed by atoms with Crippen LogP contribution in [0.25, 0.3) is 0 Å². The van der Waals surface area contributed by atoms with E-state index in [0.29, 0.717) is 0 Å². The predicted molar refractivity (Wildman–Crippen MR) is 62.7 cm³/mol. The van der Waals surface area contributed by atoms with Gasteiger partial charge in [-0.1, -0.05) is 12.1 Å². The smallest absolute Gasteiger partial charge is 0.0473 e. The van der Waals surface area contributed by atoms with E-state index in [0.717, 1.165) is 31.1 Å². The second-order valence-electron chi connectivity index (χ2n) is 2.94. The van der Waals surface area contributed by atoms with E-state index in [1.165, 1.54) is 4.90 Å². The fraction of sp³-hybridized carbons (Fsp3) is 0.455. The zero-order chi connectivity index (χ0) is 10.2. The van der Waals surface area contributed by atoms with Crippen LogP contribution in [0.15, 0.2) is 29.2 Å². The minimum Gasteiger partial charge on any atom is -0.398 e. The van der Waals surface area contributed by atoms with Crippen LogP contribution in [0.1, 0.15) is 13.3 Å². The third-order valence-electron chi connectivity index (χ3n) is 1.81. The molecule has 0 fully saturated rings. The van der Waals surface area contributed by atoms with E-state index in [4.69, 9.17) is 10.5 Å². The van der Waals surface area contributed by atoms with Crippen molar-refractivity contribution in [1.82, 2.24) is 0 Å². The van der Waals surface area contributed by atoms with E-state index >= 15 is 0 Å². The molecule has 0 bridgehead atoms. The summed E-state index contributed by atoms with van der Waals surface area (Å²) >= 11 is 1.79. The lowest BCUT2D eigenvalue weighted by Crippen LogP contribution is -1.95. The molecule has 0 radical (unpaired) electrons. The van der Waals surface area contributed by atoms with Crippen molar-refractivity contribution in [2.75, 3.05) is 24.7 Å². The van der Waals surface area contributed by atoms with Crippen LogP contribution in [0.2, 0.25) is 0 Å². The van der Waals surface area contributed by atoms with Gasteiger partial charge in [-0.25, -0.2) is 0 Å². The maximum Gasteiger partial charge on any atom is 0.0473 e. The van der Waals surface area contributed by atoms with Crippen molar-refractivity contribution in [3.05, 3.63) is 24.3 Å². The van der Waals surface area contributed by atoms with Crippen molar-refractivity contribution in [2.45, 2.75) is 18.2 Å². The van der Waals surface area contributed by atoms with Gasteiger partial charge in [0.1, 0.15) is 0 Å². The van der Waals surface area contributed by atoms with E-state index in [2.05, 4.69) is 6.07 Å². The number of hydrogen-bond donors (Lipinski definition) is 1. The van der Waals surface area contributed by atoms with Crippen LogP contribution in [0.4, 0.5) is 5.69 Å². The highest BCUT2D eigenvalue weighted by molar-refractivity contribution is 7.99. The molecule has 0 atom stereocenters. The van der Waals surface area contributed by atoms with Gasteiger partial charge in [0.25, 0.3) is 0 Å². The standard InChI is InChI=1S/C11H17NOS/c1-2-13-8-5-9-14-11-7-4-3-6-10(11)12/h3-4,6-7H,2,5,8-9,12H2,1H3. The van der Waals surface area contributed by atoms with Gasteiger partial charge in [-0.05, 0) is 25.5 Å². The summed E-state index contributed by atoms with van der Waals surface area (Å²) in [5, 5.41) is 0. The summed E-state index contributed by atoms with van der Waals surface area (Å²) in [6.07, 6.45) is 1.08. The fourth-order valence-electron chi connectivity index (χ4n) is 1.10. The summed E-state index contributed by atoms with van der Waals surface area (Å²) in [4.78, 5) is 1.17. The van der Waals surface area contributed by atoms with Crippen molar-refractivity contribution in [3.8, 4) is 0 Å². The van der Waals surface area contributed by atoms with Crippen LogP contribution in [0, 0.1) is 0 Å². The first-order chi connectivity index (χ1) is 6.84. The van der Waals surface area contributed by atoms with Crippen LogP contribution in [-0.2, 0) is 4.74 Å². The Morgan fingerprint density at radius 2 is 2.14 bits per heavy atom. The molecule has 0 aliphatic carbocycles.